The van der Waals surface area contributed by atoms with Gasteiger partial charge in [0.05, 0.1) is 0 Å². The van der Waals surface area contributed by atoms with Crippen LogP contribution in [0.1, 0.15) is 46.0 Å². The first-order chi connectivity index (χ1) is 5.81. The van der Waals surface area contributed by atoms with Crippen molar-refractivity contribution in [2.45, 2.75) is 52.0 Å². The lowest BCUT2D eigenvalue weighted by molar-refractivity contribution is 0.489. The molecule has 12 heavy (non-hydrogen) atoms. The molecule has 1 N–H and O–H groups in total. The predicted molar refractivity (Wildman–Crippen MR) is 60.0 cm³/mol. The zero-order valence-corrected chi connectivity index (χ0v) is 9.99. The van der Waals surface area contributed by atoms with Gasteiger partial charge in [0.2, 0.25) is 0 Å². The van der Waals surface area contributed by atoms with Crippen LogP contribution in [0.2, 0.25) is 0 Å². The monoisotopic (exact) mass is 235 g/mol. The number of hydrogen-bond donors (Lipinski definition) is 1. The van der Waals surface area contributed by atoms with E-state index >= 15 is 0 Å². The van der Waals surface area contributed by atoms with Gasteiger partial charge in [0, 0.05) is 11.4 Å². The molecule has 0 aliphatic heterocycles. The minimum Gasteiger partial charge on any atom is -0.314 e. The molecule has 0 saturated heterocycles. The summed E-state index contributed by atoms with van der Waals surface area (Å²) in [7, 11) is 0. The van der Waals surface area contributed by atoms with Crippen LogP contribution in [0, 0.1) is 0 Å². The summed E-state index contributed by atoms with van der Waals surface area (Å²) in [6.45, 7) is 5.69. The van der Waals surface area contributed by atoms with Crippen molar-refractivity contribution in [2.24, 2.45) is 0 Å². The molecule has 0 fully saturated rings. The van der Waals surface area contributed by atoms with E-state index in [1.807, 2.05) is 0 Å². The van der Waals surface area contributed by atoms with E-state index in [9.17, 15) is 0 Å². The number of hydrogen-bond acceptors (Lipinski definition) is 1. The lowest BCUT2D eigenvalue weighted by atomic mass is 10.1. The standard InChI is InChI=1S/C10H22BrN/c1-3-4-5-7-10(2)12-9-6-8-11/h10,12H,3-9H2,1-2H3. The molecular weight excluding hydrogens is 214 g/mol. The van der Waals surface area contributed by atoms with E-state index in [1.54, 1.807) is 0 Å². The Bertz CT molecular complexity index is 75.9. The average molecular weight is 236 g/mol. The largest absolute Gasteiger partial charge is 0.314 e. The molecule has 0 saturated carbocycles. The lowest BCUT2D eigenvalue weighted by Crippen LogP contribution is -2.27. The molecule has 0 aromatic rings. The summed E-state index contributed by atoms with van der Waals surface area (Å²) < 4.78 is 0. The smallest absolute Gasteiger partial charge is 0.00433 e. The SMILES string of the molecule is CCCCCC(C)NCCCBr. The van der Waals surface area contributed by atoms with Gasteiger partial charge in [-0.05, 0) is 26.3 Å². The van der Waals surface area contributed by atoms with E-state index in [2.05, 4.69) is 35.1 Å². The van der Waals surface area contributed by atoms with Crippen LogP contribution in [0.5, 0.6) is 0 Å². The third-order valence-corrected chi connectivity index (χ3v) is 2.60. The molecule has 0 bridgehead atoms. The Morgan fingerprint density at radius 3 is 2.58 bits per heavy atom. The molecule has 0 heterocycles. The number of rotatable bonds is 8. The van der Waals surface area contributed by atoms with Gasteiger partial charge in [0.15, 0.2) is 0 Å². The van der Waals surface area contributed by atoms with Gasteiger partial charge >= 0.3 is 0 Å². The highest BCUT2D eigenvalue weighted by molar-refractivity contribution is 9.09. The summed E-state index contributed by atoms with van der Waals surface area (Å²) in [5.74, 6) is 0. The second-order valence-corrected chi connectivity index (χ2v) is 4.19. The second kappa shape index (κ2) is 9.53. The zero-order valence-electron chi connectivity index (χ0n) is 8.41. The summed E-state index contributed by atoms with van der Waals surface area (Å²) in [6, 6.07) is 0.704. The molecule has 74 valence electrons. The third-order valence-electron chi connectivity index (χ3n) is 2.04. The quantitative estimate of drug-likeness (QED) is 0.503. The fourth-order valence-electron chi connectivity index (χ4n) is 1.22. The van der Waals surface area contributed by atoms with Crippen LogP contribution in [0.15, 0.2) is 0 Å². The van der Waals surface area contributed by atoms with Crippen molar-refractivity contribution < 1.29 is 0 Å². The number of nitrogens with one attached hydrogen (secondary N) is 1. The minimum atomic E-state index is 0.704. The Labute approximate surface area is 85.4 Å². The van der Waals surface area contributed by atoms with Gasteiger partial charge in [-0.2, -0.15) is 0 Å². The highest BCUT2D eigenvalue weighted by Crippen LogP contribution is 2.02. The van der Waals surface area contributed by atoms with Gasteiger partial charge in [-0.3, -0.25) is 0 Å². The predicted octanol–water partition coefficient (Wildman–Crippen LogP) is 3.33. The molecule has 0 spiro atoms. The molecule has 1 nitrogen and oxygen atoms in total. The number of halogens is 1. The van der Waals surface area contributed by atoms with Gasteiger partial charge in [0.1, 0.15) is 0 Å². The van der Waals surface area contributed by atoms with Crippen molar-refractivity contribution in [3.63, 3.8) is 0 Å². The van der Waals surface area contributed by atoms with Crippen molar-refractivity contribution >= 4 is 15.9 Å². The highest BCUT2D eigenvalue weighted by atomic mass is 79.9. The van der Waals surface area contributed by atoms with Gasteiger partial charge in [-0.15, -0.1) is 0 Å². The third kappa shape index (κ3) is 8.54. The van der Waals surface area contributed by atoms with E-state index in [0.717, 1.165) is 11.9 Å². The van der Waals surface area contributed by atoms with Gasteiger partial charge in [0.25, 0.3) is 0 Å². The zero-order chi connectivity index (χ0) is 9.23. The van der Waals surface area contributed by atoms with E-state index in [4.69, 9.17) is 0 Å². The van der Waals surface area contributed by atoms with Crippen molar-refractivity contribution in [3.05, 3.63) is 0 Å². The van der Waals surface area contributed by atoms with Crippen molar-refractivity contribution in [1.29, 1.82) is 0 Å². The molecule has 2 heteroatoms. The molecule has 0 amide bonds. The van der Waals surface area contributed by atoms with Gasteiger partial charge in [-0.1, -0.05) is 42.1 Å². The van der Waals surface area contributed by atoms with Crippen LogP contribution in [-0.2, 0) is 0 Å². The maximum absolute atomic E-state index is 3.51. The summed E-state index contributed by atoms with van der Waals surface area (Å²) in [5, 5.41) is 4.63. The van der Waals surface area contributed by atoms with Crippen LogP contribution in [0.3, 0.4) is 0 Å². The molecule has 1 atom stereocenters. The average Bonchev–Trinajstić information content (AvgIpc) is 2.06. The molecular formula is C10H22BrN. The van der Waals surface area contributed by atoms with E-state index < -0.39 is 0 Å². The summed E-state index contributed by atoms with van der Waals surface area (Å²) >= 11 is 3.42. The first-order valence-electron chi connectivity index (χ1n) is 5.10. The maximum Gasteiger partial charge on any atom is 0.00433 e. The van der Waals surface area contributed by atoms with Crippen molar-refractivity contribution in [2.75, 3.05) is 11.9 Å². The van der Waals surface area contributed by atoms with Crippen molar-refractivity contribution in [3.8, 4) is 0 Å². The Morgan fingerprint density at radius 1 is 1.25 bits per heavy atom. The van der Waals surface area contributed by atoms with Crippen LogP contribution in [0.25, 0.3) is 0 Å². The molecule has 0 aromatic heterocycles. The highest BCUT2D eigenvalue weighted by Gasteiger charge is 1.98. The van der Waals surface area contributed by atoms with Gasteiger partial charge < -0.3 is 5.32 Å². The molecule has 0 rings (SSSR count). The first kappa shape index (κ1) is 12.4. The number of alkyl halides is 1. The Kier molecular flexibility index (Phi) is 9.88. The molecule has 1 unspecified atom stereocenters. The van der Waals surface area contributed by atoms with Crippen LogP contribution < -0.4 is 5.32 Å². The van der Waals surface area contributed by atoms with E-state index in [-0.39, 0.29) is 0 Å². The van der Waals surface area contributed by atoms with Crippen LogP contribution in [-0.4, -0.2) is 17.9 Å². The van der Waals surface area contributed by atoms with Crippen LogP contribution >= 0.6 is 15.9 Å². The normalized spacial score (nSPS) is 13.2. The van der Waals surface area contributed by atoms with E-state index in [0.29, 0.717) is 6.04 Å². The van der Waals surface area contributed by atoms with E-state index in [1.165, 1.54) is 32.1 Å². The minimum absolute atomic E-state index is 0.704. The number of unbranched alkanes of at least 4 members (excludes halogenated alkanes) is 2. The summed E-state index contributed by atoms with van der Waals surface area (Å²) in [6.07, 6.45) is 6.64. The fraction of sp³-hybridized carbons (Fsp3) is 1.00. The van der Waals surface area contributed by atoms with Gasteiger partial charge in [-0.25, -0.2) is 0 Å². The molecule has 0 aliphatic carbocycles. The molecule has 0 radical (unpaired) electrons. The Balaban J connectivity index is 3.04. The first-order valence-corrected chi connectivity index (χ1v) is 6.22. The molecule has 0 aromatic carbocycles. The van der Waals surface area contributed by atoms with Crippen molar-refractivity contribution in [1.82, 2.24) is 5.32 Å². The fourth-order valence-corrected chi connectivity index (χ4v) is 1.50. The Hall–Kier alpha value is 0.440. The Morgan fingerprint density at radius 2 is 2.00 bits per heavy atom. The lowest BCUT2D eigenvalue weighted by Gasteiger charge is -2.12. The van der Waals surface area contributed by atoms with Crippen LogP contribution in [0.4, 0.5) is 0 Å². The summed E-state index contributed by atoms with van der Waals surface area (Å²) in [4.78, 5) is 0. The summed E-state index contributed by atoms with van der Waals surface area (Å²) in [5.41, 5.74) is 0. The maximum atomic E-state index is 3.51. The second-order valence-electron chi connectivity index (χ2n) is 3.39. The topological polar surface area (TPSA) is 12.0 Å². The molecule has 0 aliphatic rings.